The van der Waals surface area contributed by atoms with Crippen molar-refractivity contribution in [2.24, 2.45) is 0 Å². The van der Waals surface area contributed by atoms with Crippen LogP contribution in [-0.4, -0.2) is 92.6 Å². The lowest BCUT2D eigenvalue weighted by atomic mass is 9.96. The van der Waals surface area contributed by atoms with Gasteiger partial charge in [0.15, 0.2) is 6.10 Å². The molecule has 54 heavy (non-hydrogen) atoms. The first-order valence-electron chi connectivity index (χ1n) is 18.2. The molecule has 3 saturated heterocycles. The summed E-state index contributed by atoms with van der Waals surface area (Å²) in [6, 6.07) is 8.27. The number of H-pyrrole nitrogens is 1. The molecule has 11 nitrogen and oxygen atoms in total. The average molecular weight is 762 g/mol. The number of piperidine rings is 3. The molecule has 0 saturated carbocycles. The average Bonchev–Trinajstić information content (AvgIpc) is 3.50. The Bertz CT molecular complexity index is 2040. The SMILES string of the molecule is Nc1c(C(F)(F)F)cc(CC(OC(=O)N2CCC(n3c(=O)[nH]c4c5ccccc5ncc43)CC2)C(=O)N2CCC(N3CCCCC3)CC2)cc1C(F)(F)F. The van der Waals surface area contributed by atoms with E-state index >= 15 is 0 Å². The molecule has 5 heterocycles. The number of nitrogens with zero attached hydrogens (tertiary/aromatic N) is 5. The standard InChI is InChI=1S/C37H41F6N7O4/c38-36(39,40)26-18-22(19-27(31(26)44)37(41,42)43)20-30(33(51)48-14-8-23(9-15-48)47-12-4-1-5-13-47)54-35(53)49-16-10-24(11-17-49)50-29-21-45-28-7-3-2-6-25(28)32(29)46-34(50)52/h2-3,6-7,18-19,21,23-24,30H,1,4-5,8-17,20,44H2,(H,46,52). The number of aromatic nitrogens is 3. The van der Waals surface area contributed by atoms with E-state index in [0.717, 1.165) is 43.3 Å². The number of ether oxygens (including phenoxy) is 1. The summed E-state index contributed by atoms with van der Waals surface area (Å²) < 4.78 is 90.7. The normalized spacial score (nSPS) is 19.1. The molecule has 3 fully saturated rings. The lowest BCUT2D eigenvalue weighted by Crippen LogP contribution is -2.52. The molecule has 3 aliphatic rings. The Hall–Kier alpha value is -4.80. The number of amides is 2. The molecule has 7 rings (SSSR count). The number of alkyl halides is 6. The summed E-state index contributed by atoms with van der Waals surface area (Å²) in [5.41, 5.74) is 1.63. The quantitative estimate of drug-likeness (QED) is 0.173. The number of nitrogens with two attached hydrogens (primary N) is 1. The first-order chi connectivity index (χ1) is 25.7. The molecular weight excluding hydrogens is 720 g/mol. The van der Waals surface area contributed by atoms with E-state index in [4.69, 9.17) is 10.5 Å². The van der Waals surface area contributed by atoms with Crippen molar-refractivity contribution in [3.8, 4) is 0 Å². The van der Waals surface area contributed by atoms with E-state index < -0.39 is 59.3 Å². The first-order valence-corrected chi connectivity index (χ1v) is 18.2. The van der Waals surface area contributed by atoms with Crippen molar-refractivity contribution in [1.82, 2.24) is 29.2 Å². The van der Waals surface area contributed by atoms with E-state index in [0.29, 0.717) is 61.9 Å². The lowest BCUT2D eigenvalue weighted by molar-refractivity contribution is -0.142. The molecule has 0 spiro atoms. The number of hydrogen-bond acceptors (Lipinski definition) is 7. The second kappa shape index (κ2) is 14.8. The third-order valence-electron chi connectivity index (χ3n) is 11.0. The summed E-state index contributed by atoms with van der Waals surface area (Å²) in [4.78, 5) is 53.3. The lowest BCUT2D eigenvalue weighted by Gasteiger charge is -2.41. The Morgan fingerprint density at radius 1 is 0.852 bits per heavy atom. The maximum absolute atomic E-state index is 14.0. The fourth-order valence-corrected chi connectivity index (χ4v) is 8.22. The van der Waals surface area contributed by atoms with E-state index in [1.165, 1.54) is 9.80 Å². The van der Waals surface area contributed by atoms with Crippen LogP contribution in [0.25, 0.3) is 21.9 Å². The predicted octanol–water partition coefficient (Wildman–Crippen LogP) is 6.36. The molecule has 2 amide bonds. The molecule has 4 aromatic rings. The van der Waals surface area contributed by atoms with Crippen LogP contribution in [-0.2, 0) is 28.3 Å². The fraction of sp³-hybridized carbons (Fsp3) is 0.514. The Balaban J connectivity index is 1.10. The van der Waals surface area contributed by atoms with Crippen molar-refractivity contribution in [1.29, 1.82) is 0 Å². The number of para-hydroxylation sites is 1. The third kappa shape index (κ3) is 7.59. The number of nitrogens with one attached hydrogen (secondary N) is 1. The van der Waals surface area contributed by atoms with Crippen LogP contribution in [0.5, 0.6) is 0 Å². The highest BCUT2D eigenvalue weighted by Gasteiger charge is 2.42. The van der Waals surface area contributed by atoms with Gasteiger partial charge in [0.1, 0.15) is 0 Å². The smallest absolute Gasteiger partial charge is 0.418 e. The van der Waals surface area contributed by atoms with Gasteiger partial charge in [-0.1, -0.05) is 24.6 Å². The minimum absolute atomic E-state index is 0.115. The molecule has 2 aromatic carbocycles. The maximum atomic E-state index is 14.0. The molecule has 3 aliphatic heterocycles. The fourth-order valence-electron chi connectivity index (χ4n) is 8.22. The van der Waals surface area contributed by atoms with E-state index in [9.17, 15) is 40.7 Å². The van der Waals surface area contributed by atoms with Crippen LogP contribution in [0.15, 0.2) is 47.4 Å². The molecule has 17 heteroatoms. The van der Waals surface area contributed by atoms with Gasteiger partial charge in [-0.15, -0.1) is 0 Å². The number of anilines is 1. The van der Waals surface area contributed by atoms with Crippen molar-refractivity contribution in [3.05, 3.63) is 69.8 Å². The number of aromatic amines is 1. The van der Waals surface area contributed by atoms with Crippen LogP contribution in [0, 0.1) is 0 Å². The number of rotatable bonds is 6. The molecule has 0 bridgehead atoms. The van der Waals surface area contributed by atoms with Crippen LogP contribution >= 0.6 is 0 Å². The van der Waals surface area contributed by atoms with Gasteiger partial charge in [-0.3, -0.25) is 14.3 Å². The number of hydrogen-bond donors (Lipinski definition) is 2. The number of pyridine rings is 1. The monoisotopic (exact) mass is 761 g/mol. The van der Waals surface area contributed by atoms with Crippen LogP contribution in [0.2, 0.25) is 0 Å². The number of carbonyl (C=O) groups excluding carboxylic acids is 2. The summed E-state index contributed by atoms with van der Waals surface area (Å²) in [6.45, 7) is 2.74. The third-order valence-corrected chi connectivity index (χ3v) is 11.0. The van der Waals surface area contributed by atoms with E-state index in [1.807, 2.05) is 24.3 Å². The molecule has 290 valence electrons. The zero-order valence-corrected chi connectivity index (χ0v) is 29.4. The number of halogens is 6. The highest BCUT2D eigenvalue weighted by Crippen LogP contribution is 2.42. The number of carbonyl (C=O) groups is 2. The molecule has 0 radical (unpaired) electrons. The molecule has 0 aliphatic carbocycles. The molecule has 3 N–H and O–H groups in total. The Labute approximate surface area is 306 Å². The zero-order chi connectivity index (χ0) is 38.4. The van der Waals surface area contributed by atoms with Crippen LogP contribution in [0.1, 0.15) is 67.7 Å². The van der Waals surface area contributed by atoms with E-state index in [2.05, 4.69) is 14.9 Å². The summed E-state index contributed by atoms with van der Waals surface area (Å²) in [5, 5.41) is 0.782. The Kier molecular flexibility index (Phi) is 10.3. The number of benzene rings is 2. The molecular formula is C37H41F6N7O4. The first kappa shape index (κ1) is 37.5. The number of nitrogen functional groups attached to an aromatic ring is 1. The minimum atomic E-state index is -5.22. The van der Waals surface area contributed by atoms with E-state index in [1.54, 1.807) is 10.8 Å². The summed E-state index contributed by atoms with van der Waals surface area (Å²) in [7, 11) is 0. The predicted molar refractivity (Wildman–Crippen MR) is 188 cm³/mol. The second-order valence-corrected chi connectivity index (χ2v) is 14.4. The highest BCUT2D eigenvalue weighted by molar-refractivity contribution is 6.01. The largest absolute Gasteiger partial charge is 0.436 e. The zero-order valence-electron chi connectivity index (χ0n) is 29.4. The van der Waals surface area contributed by atoms with Gasteiger partial charge in [0.2, 0.25) is 0 Å². The second-order valence-electron chi connectivity index (χ2n) is 14.4. The summed E-state index contributed by atoms with van der Waals surface area (Å²) >= 11 is 0. The number of likely N-dealkylation sites (tertiary alicyclic amines) is 3. The van der Waals surface area contributed by atoms with E-state index in [-0.39, 0.29) is 30.9 Å². The van der Waals surface area contributed by atoms with Crippen molar-refractivity contribution >= 4 is 39.6 Å². The minimum Gasteiger partial charge on any atom is -0.436 e. The van der Waals surface area contributed by atoms with Crippen LogP contribution in [0.4, 0.5) is 36.8 Å². The van der Waals surface area contributed by atoms with Crippen LogP contribution < -0.4 is 11.4 Å². The summed E-state index contributed by atoms with van der Waals surface area (Å²) in [6.07, 6.45) is -6.91. The van der Waals surface area contributed by atoms with Gasteiger partial charge in [-0.05, 0) is 75.4 Å². The van der Waals surface area contributed by atoms with Gasteiger partial charge in [0.25, 0.3) is 5.91 Å². The van der Waals surface area contributed by atoms with Gasteiger partial charge in [0.05, 0.1) is 39.6 Å². The van der Waals surface area contributed by atoms with Gasteiger partial charge < -0.3 is 30.2 Å². The molecule has 1 atom stereocenters. The maximum Gasteiger partial charge on any atom is 0.418 e. The highest BCUT2D eigenvalue weighted by atomic mass is 19.4. The molecule has 1 unspecified atom stereocenters. The van der Waals surface area contributed by atoms with Crippen molar-refractivity contribution in [3.63, 3.8) is 0 Å². The Morgan fingerprint density at radius 3 is 2.07 bits per heavy atom. The number of imidazole rings is 1. The Morgan fingerprint density at radius 2 is 1.44 bits per heavy atom. The van der Waals surface area contributed by atoms with Crippen molar-refractivity contribution in [2.75, 3.05) is 45.0 Å². The van der Waals surface area contributed by atoms with Crippen molar-refractivity contribution < 1.29 is 40.7 Å². The number of fused-ring (bicyclic) bond motifs is 3. The van der Waals surface area contributed by atoms with Gasteiger partial charge in [-0.2, -0.15) is 26.3 Å². The topological polar surface area (TPSA) is 130 Å². The van der Waals surface area contributed by atoms with Gasteiger partial charge in [0, 0.05) is 50.1 Å². The van der Waals surface area contributed by atoms with Gasteiger partial charge >= 0.3 is 24.1 Å². The molecule has 2 aromatic heterocycles. The summed E-state index contributed by atoms with van der Waals surface area (Å²) in [5.74, 6) is -0.695. The van der Waals surface area contributed by atoms with Crippen LogP contribution in [0.3, 0.4) is 0 Å². The van der Waals surface area contributed by atoms with Gasteiger partial charge in [-0.25, -0.2) is 9.59 Å². The van der Waals surface area contributed by atoms with Crippen molar-refractivity contribution in [2.45, 2.75) is 81.9 Å².